The van der Waals surface area contributed by atoms with Crippen LogP contribution in [0.25, 0.3) is 0 Å². The number of hydrogen-bond donors (Lipinski definition) is 1. The molecule has 3 heterocycles. The van der Waals surface area contributed by atoms with Gasteiger partial charge in [-0.2, -0.15) is 0 Å². The molecule has 1 aromatic heterocycles. The van der Waals surface area contributed by atoms with Crippen LogP contribution in [0.5, 0.6) is 0 Å². The summed E-state index contributed by atoms with van der Waals surface area (Å²) in [5, 5.41) is 4.12. The number of benzene rings is 1. The van der Waals surface area contributed by atoms with E-state index in [1.54, 1.807) is 11.8 Å². The lowest BCUT2D eigenvalue weighted by Crippen LogP contribution is -2.42. The zero-order chi connectivity index (χ0) is 19.9. The van der Waals surface area contributed by atoms with Gasteiger partial charge in [0.25, 0.3) is 0 Å². The Morgan fingerprint density at radius 3 is 2.83 bits per heavy atom. The molecule has 1 unspecified atom stereocenters. The highest BCUT2D eigenvalue weighted by Crippen LogP contribution is 2.23. The van der Waals surface area contributed by atoms with Gasteiger partial charge >= 0.3 is 0 Å². The molecule has 0 saturated carbocycles. The smallest absolute Gasteiger partial charge is 0.238 e. The van der Waals surface area contributed by atoms with E-state index in [0.29, 0.717) is 12.6 Å². The highest BCUT2D eigenvalue weighted by molar-refractivity contribution is 7.98. The summed E-state index contributed by atoms with van der Waals surface area (Å²) in [6.07, 6.45) is 6.87. The normalized spacial score (nSPS) is 20.2. The van der Waals surface area contributed by atoms with Gasteiger partial charge in [0.2, 0.25) is 5.91 Å². The Morgan fingerprint density at radius 1 is 1.10 bits per heavy atom. The van der Waals surface area contributed by atoms with Crippen LogP contribution in [0.2, 0.25) is 0 Å². The third kappa shape index (κ3) is 6.04. The fraction of sp³-hybridized carbons (Fsp3) is 0.478. The zero-order valence-electron chi connectivity index (χ0n) is 16.9. The van der Waals surface area contributed by atoms with Gasteiger partial charge < -0.3 is 10.2 Å². The van der Waals surface area contributed by atoms with Crippen molar-refractivity contribution in [3.05, 3.63) is 54.2 Å². The molecule has 154 valence electrons. The second kappa shape index (κ2) is 10.2. The van der Waals surface area contributed by atoms with Gasteiger partial charge in [-0.05, 0) is 75.1 Å². The molecule has 1 N–H and O–H groups in total. The van der Waals surface area contributed by atoms with Crippen molar-refractivity contribution in [1.82, 2.24) is 14.8 Å². The SMILES string of the molecule is O=C(CN1CCCC1CN1CCCC1)Nc1cccc(CSc2ccccn2)c1. The van der Waals surface area contributed by atoms with Gasteiger partial charge in [0, 0.05) is 30.2 Å². The summed E-state index contributed by atoms with van der Waals surface area (Å²) in [7, 11) is 0. The van der Waals surface area contributed by atoms with E-state index in [9.17, 15) is 4.79 Å². The van der Waals surface area contributed by atoms with Crippen LogP contribution in [0.1, 0.15) is 31.2 Å². The van der Waals surface area contributed by atoms with Gasteiger partial charge in [0.05, 0.1) is 11.6 Å². The van der Waals surface area contributed by atoms with E-state index in [1.807, 2.05) is 36.5 Å². The monoisotopic (exact) mass is 410 g/mol. The third-order valence-electron chi connectivity index (χ3n) is 5.75. The van der Waals surface area contributed by atoms with Gasteiger partial charge in [0.15, 0.2) is 0 Å². The van der Waals surface area contributed by atoms with E-state index in [1.165, 1.54) is 44.3 Å². The molecule has 4 rings (SSSR count). The molecule has 0 spiro atoms. The highest BCUT2D eigenvalue weighted by atomic mass is 32.2. The molecule has 2 saturated heterocycles. The highest BCUT2D eigenvalue weighted by Gasteiger charge is 2.28. The summed E-state index contributed by atoms with van der Waals surface area (Å²) in [5.41, 5.74) is 2.07. The van der Waals surface area contributed by atoms with Crippen LogP contribution in [0.3, 0.4) is 0 Å². The lowest BCUT2D eigenvalue weighted by Gasteiger charge is -2.27. The number of amides is 1. The van der Waals surface area contributed by atoms with Crippen molar-refractivity contribution in [2.45, 2.75) is 42.5 Å². The first-order chi connectivity index (χ1) is 14.3. The summed E-state index contributed by atoms with van der Waals surface area (Å²) >= 11 is 1.71. The van der Waals surface area contributed by atoms with E-state index < -0.39 is 0 Å². The predicted octanol–water partition coefficient (Wildman–Crippen LogP) is 3.87. The minimum absolute atomic E-state index is 0.0906. The Bertz CT molecular complexity index is 794. The van der Waals surface area contributed by atoms with E-state index in [0.717, 1.165) is 29.6 Å². The fourth-order valence-corrected chi connectivity index (χ4v) is 5.09. The minimum Gasteiger partial charge on any atom is -0.325 e. The number of nitrogens with zero attached hydrogens (tertiary/aromatic N) is 3. The molecule has 2 fully saturated rings. The number of carbonyl (C=O) groups is 1. The topological polar surface area (TPSA) is 48.5 Å². The second-order valence-electron chi connectivity index (χ2n) is 7.98. The lowest BCUT2D eigenvalue weighted by molar-refractivity contribution is -0.117. The molecule has 0 aliphatic carbocycles. The van der Waals surface area contributed by atoms with Crippen LogP contribution < -0.4 is 5.32 Å². The Kier molecular flexibility index (Phi) is 7.19. The number of carbonyl (C=O) groups excluding carboxylic acids is 1. The third-order valence-corrected chi connectivity index (χ3v) is 6.76. The van der Waals surface area contributed by atoms with Gasteiger partial charge in [-0.1, -0.05) is 18.2 Å². The van der Waals surface area contributed by atoms with Crippen molar-refractivity contribution >= 4 is 23.4 Å². The number of nitrogens with one attached hydrogen (secondary N) is 1. The van der Waals surface area contributed by atoms with E-state index in [-0.39, 0.29) is 5.91 Å². The molecule has 0 bridgehead atoms. The van der Waals surface area contributed by atoms with Crippen molar-refractivity contribution in [3.63, 3.8) is 0 Å². The van der Waals surface area contributed by atoms with Gasteiger partial charge in [-0.3, -0.25) is 9.69 Å². The van der Waals surface area contributed by atoms with Gasteiger partial charge in [-0.25, -0.2) is 4.98 Å². The van der Waals surface area contributed by atoms with Crippen LogP contribution in [0, 0.1) is 0 Å². The number of thioether (sulfide) groups is 1. The first-order valence-electron chi connectivity index (χ1n) is 10.7. The predicted molar refractivity (Wildman–Crippen MR) is 119 cm³/mol. The van der Waals surface area contributed by atoms with Crippen molar-refractivity contribution in [3.8, 4) is 0 Å². The molecule has 2 aliphatic rings. The number of anilines is 1. The molecule has 1 aromatic carbocycles. The molecule has 1 amide bonds. The van der Waals surface area contributed by atoms with Crippen LogP contribution in [0.15, 0.2) is 53.7 Å². The summed E-state index contributed by atoms with van der Waals surface area (Å²) in [4.78, 5) is 21.9. The Hall–Kier alpha value is -1.89. The van der Waals surface area contributed by atoms with Crippen LogP contribution in [0.4, 0.5) is 5.69 Å². The van der Waals surface area contributed by atoms with Crippen molar-refractivity contribution in [2.24, 2.45) is 0 Å². The fourth-order valence-electron chi connectivity index (χ4n) is 4.29. The summed E-state index contributed by atoms with van der Waals surface area (Å²) < 4.78 is 0. The molecule has 2 aliphatic heterocycles. The quantitative estimate of drug-likeness (QED) is 0.670. The van der Waals surface area contributed by atoms with E-state index in [4.69, 9.17) is 0 Å². The average Bonchev–Trinajstić information content (AvgIpc) is 3.40. The van der Waals surface area contributed by atoms with E-state index in [2.05, 4.69) is 32.2 Å². The Morgan fingerprint density at radius 2 is 2.00 bits per heavy atom. The first kappa shape index (κ1) is 20.4. The Labute approximate surface area is 177 Å². The Balaban J connectivity index is 1.27. The average molecular weight is 411 g/mol. The van der Waals surface area contributed by atoms with Crippen molar-refractivity contribution in [1.29, 1.82) is 0 Å². The van der Waals surface area contributed by atoms with Crippen molar-refractivity contribution in [2.75, 3.05) is 38.0 Å². The van der Waals surface area contributed by atoms with Crippen LogP contribution in [-0.4, -0.2) is 59.5 Å². The van der Waals surface area contributed by atoms with E-state index >= 15 is 0 Å². The van der Waals surface area contributed by atoms with Crippen molar-refractivity contribution < 1.29 is 4.79 Å². The molecule has 2 aromatic rings. The van der Waals surface area contributed by atoms with Gasteiger partial charge in [-0.15, -0.1) is 11.8 Å². The van der Waals surface area contributed by atoms with Crippen LogP contribution in [-0.2, 0) is 10.5 Å². The molecular weight excluding hydrogens is 380 g/mol. The minimum atomic E-state index is 0.0906. The maximum atomic E-state index is 12.7. The number of aromatic nitrogens is 1. The molecule has 6 heteroatoms. The molecular formula is C23H30N4OS. The summed E-state index contributed by atoms with van der Waals surface area (Å²) in [6, 6.07) is 14.6. The summed E-state index contributed by atoms with van der Waals surface area (Å²) in [5.74, 6) is 0.929. The number of rotatable bonds is 8. The molecule has 29 heavy (non-hydrogen) atoms. The summed E-state index contributed by atoms with van der Waals surface area (Å²) in [6.45, 7) is 5.09. The largest absolute Gasteiger partial charge is 0.325 e. The maximum Gasteiger partial charge on any atom is 0.238 e. The maximum absolute atomic E-state index is 12.7. The lowest BCUT2D eigenvalue weighted by atomic mass is 10.2. The number of pyridine rings is 1. The number of hydrogen-bond acceptors (Lipinski definition) is 5. The standard InChI is InChI=1S/C23H30N4OS/c28-22(17-27-14-6-9-21(27)16-26-12-3-4-13-26)25-20-8-5-7-19(15-20)18-29-23-10-1-2-11-24-23/h1-2,5,7-8,10-11,15,21H,3-4,6,9,12-14,16-18H2,(H,25,28). The first-order valence-corrected chi connectivity index (χ1v) is 11.6. The molecule has 5 nitrogen and oxygen atoms in total. The molecule has 0 radical (unpaired) electrons. The number of likely N-dealkylation sites (tertiary alicyclic amines) is 2. The van der Waals surface area contributed by atoms with Gasteiger partial charge in [0.1, 0.15) is 0 Å². The second-order valence-corrected chi connectivity index (χ2v) is 8.98. The zero-order valence-corrected chi connectivity index (χ0v) is 17.7. The molecule has 1 atom stereocenters. The van der Waals surface area contributed by atoms with Crippen LogP contribution >= 0.6 is 11.8 Å².